The Labute approximate surface area is 144 Å². The molecule has 25 heavy (non-hydrogen) atoms. The lowest BCUT2D eigenvalue weighted by Crippen LogP contribution is -2.11. The lowest BCUT2D eigenvalue weighted by atomic mass is 10.2. The summed E-state index contributed by atoms with van der Waals surface area (Å²) >= 11 is 0. The molecule has 0 bridgehead atoms. The van der Waals surface area contributed by atoms with E-state index in [0.717, 1.165) is 18.2 Å². The minimum atomic E-state index is -0.315. The van der Waals surface area contributed by atoms with E-state index in [4.69, 9.17) is 15.3 Å². The Hall–Kier alpha value is -3.67. The van der Waals surface area contributed by atoms with Crippen LogP contribution in [-0.2, 0) is 0 Å². The van der Waals surface area contributed by atoms with Gasteiger partial charge in [0.05, 0.1) is 5.56 Å². The highest BCUT2D eigenvalue weighted by atomic mass is 16.3. The van der Waals surface area contributed by atoms with Gasteiger partial charge in [-0.2, -0.15) is 0 Å². The number of hydrogen-bond donors (Lipinski definition) is 5. The predicted octanol–water partition coefficient (Wildman–Crippen LogP) is 3.45. The van der Waals surface area contributed by atoms with E-state index in [2.05, 4.69) is 5.32 Å². The molecule has 0 spiro atoms. The van der Waals surface area contributed by atoms with Crippen molar-refractivity contribution in [1.82, 2.24) is 0 Å². The monoisotopic (exact) mass is 339 g/mol. The molecular formula is C19H17NO5. The summed E-state index contributed by atoms with van der Waals surface area (Å²) < 4.78 is 0. The van der Waals surface area contributed by atoms with Gasteiger partial charge in [-0.15, -0.1) is 0 Å². The molecule has 0 radical (unpaired) electrons. The Morgan fingerprint density at radius 2 is 1.16 bits per heavy atom. The first-order valence-electron chi connectivity index (χ1n) is 7.32. The van der Waals surface area contributed by atoms with Crippen molar-refractivity contribution < 1.29 is 25.2 Å². The van der Waals surface area contributed by atoms with Crippen LogP contribution in [0.25, 0.3) is 0 Å². The summed E-state index contributed by atoms with van der Waals surface area (Å²) in [5.41, 5.74) is 0.974. The lowest BCUT2D eigenvalue weighted by Gasteiger charge is -2.05. The highest BCUT2D eigenvalue weighted by Crippen LogP contribution is 2.24. The van der Waals surface area contributed by atoms with Crippen LogP contribution in [0.3, 0.4) is 0 Å². The summed E-state index contributed by atoms with van der Waals surface area (Å²) in [5.74, 6) is -0.771. The maximum Gasteiger partial charge on any atom is 0.259 e. The third kappa shape index (κ3) is 5.47. The van der Waals surface area contributed by atoms with E-state index < -0.39 is 0 Å². The second-order valence-corrected chi connectivity index (χ2v) is 5.04. The molecule has 1 amide bonds. The highest BCUT2D eigenvalue weighted by Gasteiger charge is 2.09. The minimum absolute atomic E-state index is 0.0177. The van der Waals surface area contributed by atoms with Gasteiger partial charge >= 0.3 is 0 Å². The number of para-hydroxylation sites is 2. The SMILES string of the molecule is O=C(Nc1ccccc1)c1ccccc1O.Oc1cc(O)cc(O)c1. The number of rotatable bonds is 2. The molecule has 128 valence electrons. The van der Waals surface area contributed by atoms with Crippen LogP contribution in [0, 0.1) is 0 Å². The summed E-state index contributed by atoms with van der Waals surface area (Å²) in [6, 6.07) is 19.0. The molecule has 6 heteroatoms. The van der Waals surface area contributed by atoms with Crippen LogP contribution in [-0.4, -0.2) is 26.3 Å². The topological polar surface area (TPSA) is 110 Å². The average molecular weight is 339 g/mol. The number of benzene rings is 3. The largest absolute Gasteiger partial charge is 0.508 e. The standard InChI is InChI=1S/C13H11NO2.C6H6O3/c15-12-9-5-4-8-11(12)13(16)14-10-6-2-1-3-7-10;7-4-1-5(8)3-6(9)2-4/h1-9,15H,(H,14,16);1-3,7-9H. The summed E-state index contributed by atoms with van der Waals surface area (Å²) in [4.78, 5) is 11.8. The van der Waals surface area contributed by atoms with Crippen LogP contribution in [0.5, 0.6) is 23.0 Å². The van der Waals surface area contributed by atoms with Gasteiger partial charge in [0.2, 0.25) is 0 Å². The summed E-state index contributed by atoms with van der Waals surface area (Å²) in [6.45, 7) is 0. The van der Waals surface area contributed by atoms with Gasteiger partial charge in [-0.3, -0.25) is 4.79 Å². The van der Waals surface area contributed by atoms with Crippen molar-refractivity contribution in [1.29, 1.82) is 0 Å². The van der Waals surface area contributed by atoms with Crippen LogP contribution in [0.15, 0.2) is 72.8 Å². The van der Waals surface area contributed by atoms with Crippen molar-refractivity contribution in [3.8, 4) is 23.0 Å². The van der Waals surface area contributed by atoms with Crippen LogP contribution in [0.2, 0.25) is 0 Å². The molecule has 0 saturated carbocycles. The zero-order chi connectivity index (χ0) is 18.2. The van der Waals surface area contributed by atoms with Crippen molar-refractivity contribution in [2.24, 2.45) is 0 Å². The van der Waals surface area contributed by atoms with E-state index in [9.17, 15) is 9.90 Å². The maximum atomic E-state index is 11.8. The van der Waals surface area contributed by atoms with E-state index in [1.165, 1.54) is 6.07 Å². The van der Waals surface area contributed by atoms with E-state index in [1.54, 1.807) is 30.3 Å². The normalized spacial score (nSPS) is 9.60. The fourth-order valence-electron chi connectivity index (χ4n) is 1.97. The number of amides is 1. The van der Waals surface area contributed by atoms with E-state index in [-0.39, 0.29) is 34.5 Å². The first-order valence-corrected chi connectivity index (χ1v) is 7.32. The first-order chi connectivity index (χ1) is 12.0. The van der Waals surface area contributed by atoms with Crippen LogP contribution < -0.4 is 5.32 Å². The quantitative estimate of drug-likeness (QED) is 0.491. The van der Waals surface area contributed by atoms with Gasteiger partial charge in [-0.25, -0.2) is 0 Å². The van der Waals surface area contributed by atoms with Gasteiger partial charge in [0.25, 0.3) is 5.91 Å². The Kier molecular flexibility index (Phi) is 5.84. The lowest BCUT2D eigenvalue weighted by molar-refractivity contribution is 0.102. The molecule has 0 atom stereocenters. The number of phenols is 4. The molecule has 0 saturated heterocycles. The number of hydrogen-bond acceptors (Lipinski definition) is 5. The Morgan fingerprint density at radius 1 is 0.680 bits per heavy atom. The molecular weight excluding hydrogens is 322 g/mol. The number of carbonyl (C=O) groups excluding carboxylic acids is 1. The zero-order valence-electron chi connectivity index (χ0n) is 13.1. The molecule has 3 rings (SSSR count). The van der Waals surface area contributed by atoms with Crippen molar-refractivity contribution >= 4 is 11.6 Å². The van der Waals surface area contributed by atoms with Crippen LogP contribution in [0.1, 0.15) is 10.4 Å². The first kappa shape index (κ1) is 17.7. The van der Waals surface area contributed by atoms with Gasteiger partial charge in [0, 0.05) is 23.9 Å². The number of phenolic OH excluding ortho intramolecular Hbond substituents is 4. The van der Waals surface area contributed by atoms with Crippen LogP contribution >= 0.6 is 0 Å². The third-order valence-corrected chi connectivity index (χ3v) is 3.07. The maximum absolute atomic E-state index is 11.8. The van der Waals surface area contributed by atoms with Gasteiger partial charge in [-0.1, -0.05) is 30.3 Å². The second kappa shape index (κ2) is 8.26. The molecule has 0 unspecified atom stereocenters. The van der Waals surface area contributed by atoms with Gasteiger partial charge < -0.3 is 25.7 Å². The summed E-state index contributed by atoms with van der Waals surface area (Å²) in [6.07, 6.45) is 0. The third-order valence-electron chi connectivity index (χ3n) is 3.07. The van der Waals surface area contributed by atoms with E-state index in [1.807, 2.05) is 18.2 Å². The van der Waals surface area contributed by atoms with Crippen molar-refractivity contribution in [2.45, 2.75) is 0 Å². The van der Waals surface area contributed by atoms with Crippen molar-refractivity contribution in [2.75, 3.05) is 5.32 Å². The predicted molar refractivity (Wildman–Crippen MR) is 93.9 cm³/mol. The number of nitrogens with one attached hydrogen (secondary N) is 1. The molecule has 3 aromatic rings. The number of carbonyl (C=O) groups is 1. The second-order valence-electron chi connectivity index (χ2n) is 5.04. The molecule has 0 aromatic heterocycles. The highest BCUT2D eigenvalue weighted by molar-refractivity contribution is 6.06. The molecule has 0 aliphatic carbocycles. The minimum Gasteiger partial charge on any atom is -0.508 e. The molecule has 0 fully saturated rings. The Bertz CT molecular complexity index is 799. The zero-order valence-corrected chi connectivity index (χ0v) is 13.1. The van der Waals surface area contributed by atoms with E-state index in [0.29, 0.717) is 5.69 Å². The number of aromatic hydroxyl groups is 4. The van der Waals surface area contributed by atoms with Gasteiger partial charge in [-0.05, 0) is 24.3 Å². The average Bonchev–Trinajstić information content (AvgIpc) is 2.55. The van der Waals surface area contributed by atoms with E-state index >= 15 is 0 Å². The summed E-state index contributed by atoms with van der Waals surface area (Å²) in [7, 11) is 0. The fourth-order valence-corrected chi connectivity index (χ4v) is 1.97. The molecule has 0 heterocycles. The fraction of sp³-hybridized carbons (Fsp3) is 0. The van der Waals surface area contributed by atoms with Gasteiger partial charge in [0.1, 0.15) is 23.0 Å². The molecule has 0 aliphatic rings. The number of anilines is 1. The smallest absolute Gasteiger partial charge is 0.259 e. The molecule has 5 N–H and O–H groups in total. The van der Waals surface area contributed by atoms with Gasteiger partial charge in [0.15, 0.2) is 0 Å². The van der Waals surface area contributed by atoms with Crippen molar-refractivity contribution in [3.05, 3.63) is 78.4 Å². The molecule has 3 aromatic carbocycles. The Morgan fingerprint density at radius 3 is 1.68 bits per heavy atom. The molecule has 0 aliphatic heterocycles. The van der Waals surface area contributed by atoms with Crippen LogP contribution in [0.4, 0.5) is 5.69 Å². The van der Waals surface area contributed by atoms with Crippen molar-refractivity contribution in [3.63, 3.8) is 0 Å². The summed E-state index contributed by atoms with van der Waals surface area (Å²) in [5, 5.41) is 38.2. The Balaban J connectivity index is 0.000000212. The molecule has 6 nitrogen and oxygen atoms in total.